The van der Waals surface area contributed by atoms with E-state index < -0.39 is 0 Å². The molecule has 2 rings (SSSR count). The molecule has 0 fully saturated rings. The molecule has 2 N–H and O–H groups in total. The van der Waals surface area contributed by atoms with Crippen molar-refractivity contribution < 1.29 is 0 Å². The van der Waals surface area contributed by atoms with Gasteiger partial charge in [0.15, 0.2) is 0 Å². The second kappa shape index (κ2) is 5.15. The van der Waals surface area contributed by atoms with E-state index in [1.165, 1.54) is 0 Å². The SMILES string of the molecule is Cc1ccccc1C(N)=Nc1ccc(Br)cc1. The van der Waals surface area contributed by atoms with Crippen molar-refractivity contribution in [1.82, 2.24) is 0 Å². The Morgan fingerprint density at radius 2 is 1.71 bits per heavy atom. The Labute approximate surface area is 109 Å². The third-order valence-electron chi connectivity index (χ3n) is 2.50. The zero-order valence-corrected chi connectivity index (χ0v) is 11.1. The number of rotatable bonds is 2. The molecule has 0 spiro atoms. The summed E-state index contributed by atoms with van der Waals surface area (Å²) in [5.74, 6) is 0.547. The van der Waals surface area contributed by atoms with Crippen LogP contribution in [0, 0.1) is 6.92 Å². The minimum Gasteiger partial charge on any atom is -0.383 e. The first-order valence-electron chi connectivity index (χ1n) is 5.32. The number of halogens is 1. The third-order valence-corrected chi connectivity index (χ3v) is 3.03. The number of nitrogens with zero attached hydrogens (tertiary/aromatic N) is 1. The fourth-order valence-electron chi connectivity index (χ4n) is 1.58. The molecule has 2 aromatic carbocycles. The van der Waals surface area contributed by atoms with Crippen molar-refractivity contribution in [3.63, 3.8) is 0 Å². The number of hydrogen-bond donors (Lipinski definition) is 1. The van der Waals surface area contributed by atoms with Gasteiger partial charge in [0.05, 0.1) is 5.69 Å². The van der Waals surface area contributed by atoms with Gasteiger partial charge in [-0.2, -0.15) is 0 Å². The maximum absolute atomic E-state index is 6.00. The molecule has 0 aliphatic heterocycles. The molecule has 3 heteroatoms. The topological polar surface area (TPSA) is 38.4 Å². The van der Waals surface area contributed by atoms with E-state index in [-0.39, 0.29) is 0 Å². The van der Waals surface area contributed by atoms with Crippen molar-refractivity contribution in [2.24, 2.45) is 10.7 Å². The van der Waals surface area contributed by atoms with Crippen LogP contribution >= 0.6 is 15.9 Å². The molecule has 86 valence electrons. The highest BCUT2D eigenvalue weighted by molar-refractivity contribution is 9.10. The Bertz CT molecular complexity index is 544. The first-order valence-corrected chi connectivity index (χ1v) is 6.12. The van der Waals surface area contributed by atoms with E-state index in [9.17, 15) is 0 Å². The van der Waals surface area contributed by atoms with E-state index in [4.69, 9.17) is 5.73 Å². The highest BCUT2D eigenvalue weighted by Crippen LogP contribution is 2.18. The minimum absolute atomic E-state index is 0.547. The van der Waals surface area contributed by atoms with Crippen molar-refractivity contribution in [2.75, 3.05) is 0 Å². The molecule has 0 amide bonds. The lowest BCUT2D eigenvalue weighted by atomic mass is 10.1. The first-order chi connectivity index (χ1) is 8.16. The van der Waals surface area contributed by atoms with Crippen LogP contribution in [0.3, 0.4) is 0 Å². The second-order valence-corrected chi connectivity index (χ2v) is 4.70. The fourth-order valence-corrected chi connectivity index (χ4v) is 1.84. The molecule has 0 bridgehead atoms. The molecule has 0 radical (unpaired) electrons. The molecule has 0 heterocycles. The summed E-state index contributed by atoms with van der Waals surface area (Å²) < 4.78 is 1.03. The van der Waals surface area contributed by atoms with Crippen LogP contribution in [-0.4, -0.2) is 5.84 Å². The lowest BCUT2D eigenvalue weighted by Gasteiger charge is -2.04. The normalized spacial score (nSPS) is 11.5. The zero-order chi connectivity index (χ0) is 12.3. The third kappa shape index (κ3) is 2.94. The van der Waals surface area contributed by atoms with Crippen molar-refractivity contribution >= 4 is 27.5 Å². The van der Waals surface area contributed by atoms with E-state index >= 15 is 0 Å². The summed E-state index contributed by atoms with van der Waals surface area (Å²) in [6, 6.07) is 15.7. The molecule has 0 aliphatic carbocycles. The van der Waals surface area contributed by atoms with Gasteiger partial charge in [-0.15, -0.1) is 0 Å². The van der Waals surface area contributed by atoms with Crippen molar-refractivity contribution in [2.45, 2.75) is 6.92 Å². The van der Waals surface area contributed by atoms with Gasteiger partial charge in [-0.3, -0.25) is 0 Å². The molecular weight excluding hydrogens is 276 g/mol. The van der Waals surface area contributed by atoms with Crippen LogP contribution in [0.15, 0.2) is 58.0 Å². The van der Waals surface area contributed by atoms with Gasteiger partial charge in [0.2, 0.25) is 0 Å². The summed E-state index contributed by atoms with van der Waals surface area (Å²) in [7, 11) is 0. The largest absolute Gasteiger partial charge is 0.383 e. The summed E-state index contributed by atoms with van der Waals surface area (Å²) in [5, 5.41) is 0. The van der Waals surface area contributed by atoms with Gasteiger partial charge in [-0.05, 0) is 36.8 Å². The maximum atomic E-state index is 6.00. The van der Waals surface area contributed by atoms with E-state index in [1.54, 1.807) is 0 Å². The Balaban J connectivity index is 2.34. The minimum atomic E-state index is 0.547. The smallest absolute Gasteiger partial charge is 0.131 e. The Hall–Kier alpha value is -1.61. The van der Waals surface area contributed by atoms with Gasteiger partial charge in [-0.25, -0.2) is 4.99 Å². The predicted octanol–water partition coefficient (Wildman–Crippen LogP) is 3.79. The average molecular weight is 289 g/mol. The molecule has 2 aromatic rings. The fraction of sp³-hybridized carbons (Fsp3) is 0.0714. The number of benzene rings is 2. The summed E-state index contributed by atoms with van der Waals surface area (Å²) in [4.78, 5) is 4.40. The molecule has 0 atom stereocenters. The van der Waals surface area contributed by atoms with Crippen LogP contribution in [0.1, 0.15) is 11.1 Å². The Kier molecular flexibility index (Phi) is 3.59. The van der Waals surface area contributed by atoms with Crippen molar-refractivity contribution in [1.29, 1.82) is 0 Å². The van der Waals surface area contributed by atoms with Crippen LogP contribution in [0.25, 0.3) is 0 Å². The molecule has 0 saturated carbocycles. The number of hydrogen-bond acceptors (Lipinski definition) is 1. The van der Waals surface area contributed by atoms with Gasteiger partial charge in [0.1, 0.15) is 5.84 Å². The van der Waals surface area contributed by atoms with Gasteiger partial charge >= 0.3 is 0 Å². The van der Waals surface area contributed by atoms with Crippen LogP contribution in [0.5, 0.6) is 0 Å². The van der Waals surface area contributed by atoms with E-state index in [0.717, 1.165) is 21.3 Å². The van der Waals surface area contributed by atoms with Crippen LogP contribution in [0.2, 0.25) is 0 Å². The lowest BCUT2D eigenvalue weighted by molar-refractivity contribution is 1.39. The van der Waals surface area contributed by atoms with Crippen LogP contribution in [0.4, 0.5) is 5.69 Å². The molecule has 0 unspecified atom stereocenters. The van der Waals surface area contributed by atoms with Crippen LogP contribution < -0.4 is 5.73 Å². The highest BCUT2D eigenvalue weighted by Gasteiger charge is 2.01. The van der Waals surface area contributed by atoms with Gasteiger partial charge < -0.3 is 5.73 Å². The van der Waals surface area contributed by atoms with Crippen LogP contribution in [-0.2, 0) is 0 Å². The number of aliphatic imine (C=N–C) groups is 1. The molecular formula is C14H13BrN2. The van der Waals surface area contributed by atoms with E-state index in [0.29, 0.717) is 5.84 Å². The van der Waals surface area contributed by atoms with E-state index in [2.05, 4.69) is 20.9 Å². The first kappa shape index (κ1) is 11.9. The molecule has 17 heavy (non-hydrogen) atoms. The quantitative estimate of drug-likeness (QED) is 0.663. The van der Waals surface area contributed by atoms with Gasteiger partial charge in [-0.1, -0.05) is 40.2 Å². The number of nitrogens with two attached hydrogens (primary N) is 1. The van der Waals surface area contributed by atoms with Gasteiger partial charge in [0.25, 0.3) is 0 Å². The molecule has 0 aromatic heterocycles. The summed E-state index contributed by atoms with van der Waals surface area (Å²) in [6.07, 6.45) is 0. The number of amidine groups is 1. The molecule has 2 nitrogen and oxygen atoms in total. The van der Waals surface area contributed by atoms with Gasteiger partial charge in [0, 0.05) is 10.0 Å². The molecule has 0 saturated heterocycles. The highest BCUT2D eigenvalue weighted by atomic mass is 79.9. The summed E-state index contributed by atoms with van der Waals surface area (Å²) in [6.45, 7) is 2.03. The standard InChI is InChI=1S/C14H13BrN2/c1-10-4-2-3-5-13(10)14(16)17-12-8-6-11(15)7-9-12/h2-9H,1H3,(H2,16,17). The zero-order valence-electron chi connectivity index (χ0n) is 9.52. The Morgan fingerprint density at radius 3 is 2.35 bits per heavy atom. The number of aryl methyl sites for hydroxylation is 1. The summed E-state index contributed by atoms with van der Waals surface area (Å²) in [5.41, 5.74) is 8.97. The predicted molar refractivity (Wildman–Crippen MR) is 75.7 cm³/mol. The maximum Gasteiger partial charge on any atom is 0.131 e. The Morgan fingerprint density at radius 1 is 1.06 bits per heavy atom. The lowest BCUT2D eigenvalue weighted by Crippen LogP contribution is -2.14. The van der Waals surface area contributed by atoms with Crippen molar-refractivity contribution in [3.8, 4) is 0 Å². The average Bonchev–Trinajstić information content (AvgIpc) is 2.32. The van der Waals surface area contributed by atoms with E-state index in [1.807, 2.05) is 55.5 Å². The molecule has 0 aliphatic rings. The monoisotopic (exact) mass is 288 g/mol. The van der Waals surface area contributed by atoms with Crippen molar-refractivity contribution in [3.05, 3.63) is 64.1 Å². The second-order valence-electron chi connectivity index (χ2n) is 3.79. The summed E-state index contributed by atoms with van der Waals surface area (Å²) >= 11 is 3.39.